The average molecular weight is 275 g/mol. The molecular formula is C18H29NO. The zero-order valence-electron chi connectivity index (χ0n) is 13.1. The molecule has 0 atom stereocenters. The molecule has 0 aliphatic carbocycles. The maximum Gasteiger partial charge on any atom is 0.119 e. The van der Waals surface area contributed by atoms with E-state index < -0.39 is 0 Å². The molecule has 1 heterocycles. The predicted octanol–water partition coefficient (Wildman–Crippen LogP) is 4.49. The molecule has 0 bridgehead atoms. The Morgan fingerprint density at radius 1 is 1.15 bits per heavy atom. The van der Waals surface area contributed by atoms with E-state index in [1.54, 1.807) is 0 Å². The molecule has 0 aromatic heterocycles. The van der Waals surface area contributed by atoms with Gasteiger partial charge in [0.05, 0.1) is 6.61 Å². The van der Waals surface area contributed by atoms with Crippen molar-refractivity contribution in [2.45, 2.75) is 52.5 Å². The van der Waals surface area contributed by atoms with E-state index in [2.05, 4.69) is 43.0 Å². The lowest BCUT2D eigenvalue weighted by Crippen LogP contribution is -2.29. The molecule has 2 rings (SSSR count). The SMILES string of the molecule is CC(C)CCCOc1cccc(CN2CCCCC2)c1. The second kappa shape index (κ2) is 8.31. The second-order valence-electron chi connectivity index (χ2n) is 6.37. The lowest BCUT2D eigenvalue weighted by Gasteiger charge is -2.26. The molecule has 0 spiro atoms. The van der Waals surface area contributed by atoms with Crippen LogP contribution in [0.1, 0.15) is 51.5 Å². The number of piperidine rings is 1. The van der Waals surface area contributed by atoms with E-state index in [4.69, 9.17) is 4.74 Å². The summed E-state index contributed by atoms with van der Waals surface area (Å²) in [5.74, 6) is 1.80. The van der Waals surface area contributed by atoms with Gasteiger partial charge < -0.3 is 4.74 Å². The van der Waals surface area contributed by atoms with Gasteiger partial charge in [-0.2, -0.15) is 0 Å². The van der Waals surface area contributed by atoms with Crippen LogP contribution < -0.4 is 4.74 Å². The highest BCUT2D eigenvalue weighted by Gasteiger charge is 2.10. The van der Waals surface area contributed by atoms with Crippen molar-refractivity contribution >= 4 is 0 Å². The molecule has 1 aromatic rings. The van der Waals surface area contributed by atoms with E-state index in [9.17, 15) is 0 Å². The Balaban J connectivity index is 1.78. The molecule has 1 aliphatic heterocycles. The number of hydrogen-bond acceptors (Lipinski definition) is 2. The molecule has 1 aliphatic rings. The van der Waals surface area contributed by atoms with Gasteiger partial charge in [0.1, 0.15) is 5.75 Å². The first-order chi connectivity index (χ1) is 9.74. The number of hydrogen-bond donors (Lipinski definition) is 0. The third kappa shape index (κ3) is 5.54. The third-order valence-electron chi connectivity index (χ3n) is 3.95. The van der Waals surface area contributed by atoms with Crippen molar-refractivity contribution in [1.29, 1.82) is 0 Å². The van der Waals surface area contributed by atoms with Crippen LogP contribution in [0.3, 0.4) is 0 Å². The van der Waals surface area contributed by atoms with Crippen LogP contribution in [-0.2, 0) is 6.54 Å². The van der Waals surface area contributed by atoms with E-state index in [1.165, 1.54) is 44.3 Å². The van der Waals surface area contributed by atoms with E-state index in [-0.39, 0.29) is 0 Å². The molecule has 2 heteroatoms. The molecule has 112 valence electrons. The van der Waals surface area contributed by atoms with Crippen LogP contribution in [0, 0.1) is 5.92 Å². The molecule has 1 saturated heterocycles. The highest BCUT2D eigenvalue weighted by atomic mass is 16.5. The fraction of sp³-hybridized carbons (Fsp3) is 0.667. The van der Waals surface area contributed by atoms with E-state index in [0.717, 1.165) is 31.2 Å². The van der Waals surface area contributed by atoms with E-state index >= 15 is 0 Å². The molecule has 0 amide bonds. The lowest BCUT2D eigenvalue weighted by molar-refractivity contribution is 0.220. The standard InChI is InChI=1S/C18H29NO/c1-16(2)8-7-13-20-18-10-6-9-17(14-18)15-19-11-4-3-5-12-19/h6,9-10,14,16H,3-5,7-8,11-13,15H2,1-2H3. The fourth-order valence-electron chi connectivity index (χ4n) is 2.79. The van der Waals surface area contributed by atoms with Crippen LogP contribution in [0.25, 0.3) is 0 Å². The average Bonchev–Trinajstić information content (AvgIpc) is 2.45. The molecule has 20 heavy (non-hydrogen) atoms. The quantitative estimate of drug-likeness (QED) is 0.680. The largest absolute Gasteiger partial charge is 0.494 e. The summed E-state index contributed by atoms with van der Waals surface area (Å²) in [6, 6.07) is 8.63. The Hall–Kier alpha value is -1.02. The number of ether oxygens (including phenoxy) is 1. The van der Waals surface area contributed by atoms with Crippen molar-refractivity contribution in [3.05, 3.63) is 29.8 Å². The van der Waals surface area contributed by atoms with Crippen molar-refractivity contribution in [3.8, 4) is 5.75 Å². The van der Waals surface area contributed by atoms with Crippen LogP contribution in [0.15, 0.2) is 24.3 Å². The van der Waals surface area contributed by atoms with Gasteiger partial charge in [-0.05, 0) is 62.4 Å². The topological polar surface area (TPSA) is 12.5 Å². The lowest BCUT2D eigenvalue weighted by atomic mass is 10.1. The van der Waals surface area contributed by atoms with Gasteiger partial charge in [-0.25, -0.2) is 0 Å². The Morgan fingerprint density at radius 3 is 2.70 bits per heavy atom. The summed E-state index contributed by atoms with van der Waals surface area (Å²) in [7, 11) is 0. The number of nitrogens with zero attached hydrogens (tertiary/aromatic N) is 1. The Kier molecular flexibility index (Phi) is 6.38. The van der Waals surface area contributed by atoms with Crippen LogP contribution in [0.2, 0.25) is 0 Å². The second-order valence-corrected chi connectivity index (χ2v) is 6.37. The molecule has 1 fully saturated rings. The summed E-state index contributed by atoms with van der Waals surface area (Å²) < 4.78 is 5.87. The van der Waals surface area contributed by atoms with Gasteiger partial charge >= 0.3 is 0 Å². The van der Waals surface area contributed by atoms with E-state index in [1.807, 2.05) is 0 Å². The molecule has 0 unspecified atom stereocenters. The maximum atomic E-state index is 5.87. The molecular weight excluding hydrogens is 246 g/mol. The minimum absolute atomic E-state index is 0.768. The first kappa shape index (κ1) is 15.4. The monoisotopic (exact) mass is 275 g/mol. The van der Waals surface area contributed by atoms with Gasteiger partial charge in [0.15, 0.2) is 0 Å². The Morgan fingerprint density at radius 2 is 1.95 bits per heavy atom. The molecule has 0 saturated carbocycles. The van der Waals surface area contributed by atoms with E-state index in [0.29, 0.717) is 0 Å². The molecule has 2 nitrogen and oxygen atoms in total. The summed E-state index contributed by atoms with van der Waals surface area (Å²) in [6.07, 6.45) is 6.49. The third-order valence-corrected chi connectivity index (χ3v) is 3.95. The first-order valence-corrected chi connectivity index (χ1v) is 8.18. The number of rotatable bonds is 7. The molecule has 0 radical (unpaired) electrons. The highest BCUT2D eigenvalue weighted by molar-refractivity contribution is 5.28. The van der Waals surface area contributed by atoms with Gasteiger partial charge in [0.2, 0.25) is 0 Å². The molecule has 1 aromatic carbocycles. The van der Waals surface area contributed by atoms with Crippen molar-refractivity contribution in [1.82, 2.24) is 4.90 Å². The zero-order chi connectivity index (χ0) is 14.2. The Bertz CT molecular complexity index is 383. The van der Waals surface area contributed by atoms with Crippen LogP contribution in [-0.4, -0.2) is 24.6 Å². The zero-order valence-corrected chi connectivity index (χ0v) is 13.1. The first-order valence-electron chi connectivity index (χ1n) is 8.18. The Labute approximate surface area is 124 Å². The molecule has 0 N–H and O–H groups in total. The van der Waals surface area contributed by atoms with Gasteiger partial charge in [-0.3, -0.25) is 4.90 Å². The van der Waals surface area contributed by atoms with Gasteiger partial charge in [-0.1, -0.05) is 32.4 Å². The van der Waals surface area contributed by atoms with Crippen LogP contribution >= 0.6 is 0 Å². The summed E-state index contributed by atoms with van der Waals surface area (Å²) in [6.45, 7) is 8.94. The normalized spacial score (nSPS) is 16.6. The minimum Gasteiger partial charge on any atom is -0.494 e. The number of benzene rings is 1. The van der Waals surface area contributed by atoms with Gasteiger partial charge in [0, 0.05) is 6.54 Å². The summed E-state index contributed by atoms with van der Waals surface area (Å²) >= 11 is 0. The maximum absolute atomic E-state index is 5.87. The van der Waals surface area contributed by atoms with Crippen molar-refractivity contribution in [2.75, 3.05) is 19.7 Å². The fourth-order valence-corrected chi connectivity index (χ4v) is 2.79. The van der Waals surface area contributed by atoms with Crippen molar-refractivity contribution < 1.29 is 4.74 Å². The van der Waals surface area contributed by atoms with Crippen molar-refractivity contribution in [2.24, 2.45) is 5.92 Å². The smallest absolute Gasteiger partial charge is 0.119 e. The van der Waals surface area contributed by atoms with Gasteiger partial charge in [0.25, 0.3) is 0 Å². The van der Waals surface area contributed by atoms with Gasteiger partial charge in [-0.15, -0.1) is 0 Å². The highest BCUT2D eigenvalue weighted by Crippen LogP contribution is 2.18. The van der Waals surface area contributed by atoms with Crippen LogP contribution in [0.5, 0.6) is 5.75 Å². The summed E-state index contributed by atoms with van der Waals surface area (Å²) in [5.41, 5.74) is 1.38. The minimum atomic E-state index is 0.768. The van der Waals surface area contributed by atoms with Crippen molar-refractivity contribution in [3.63, 3.8) is 0 Å². The predicted molar refractivity (Wildman–Crippen MR) is 85.1 cm³/mol. The number of likely N-dealkylation sites (tertiary alicyclic amines) is 1. The summed E-state index contributed by atoms with van der Waals surface area (Å²) in [4.78, 5) is 2.56. The summed E-state index contributed by atoms with van der Waals surface area (Å²) in [5, 5.41) is 0. The van der Waals surface area contributed by atoms with Crippen LogP contribution in [0.4, 0.5) is 0 Å².